The van der Waals surface area contributed by atoms with E-state index >= 15 is 0 Å². The zero-order chi connectivity index (χ0) is 17.5. The monoisotopic (exact) mass is 331 g/mol. The fourth-order valence-electron chi connectivity index (χ4n) is 2.83. The van der Waals surface area contributed by atoms with Gasteiger partial charge in [0.15, 0.2) is 0 Å². The molecule has 0 aliphatic carbocycles. The van der Waals surface area contributed by atoms with E-state index in [4.69, 9.17) is 0 Å². The molecular weight excluding hydrogens is 306 g/mol. The Morgan fingerprint density at radius 1 is 1.17 bits per heavy atom. The van der Waals surface area contributed by atoms with Crippen molar-refractivity contribution in [3.05, 3.63) is 29.8 Å². The molecule has 6 heteroatoms. The van der Waals surface area contributed by atoms with Crippen LogP contribution in [-0.4, -0.2) is 37.4 Å². The maximum atomic E-state index is 12.2. The van der Waals surface area contributed by atoms with Crippen molar-refractivity contribution in [1.29, 1.82) is 0 Å². The summed E-state index contributed by atoms with van der Waals surface area (Å²) < 4.78 is 0. The fraction of sp³-hybridized carbons (Fsp3) is 0.500. The molecule has 1 saturated heterocycles. The number of carbonyl (C=O) groups is 3. The molecule has 24 heavy (non-hydrogen) atoms. The van der Waals surface area contributed by atoms with Crippen molar-refractivity contribution in [3.63, 3.8) is 0 Å². The number of nitrogens with zero attached hydrogens (tertiary/aromatic N) is 1. The van der Waals surface area contributed by atoms with Gasteiger partial charge in [-0.25, -0.2) is 0 Å². The molecule has 1 fully saturated rings. The number of rotatable bonds is 7. The lowest BCUT2D eigenvalue weighted by Gasteiger charge is -2.17. The highest BCUT2D eigenvalue weighted by molar-refractivity contribution is 6.00. The van der Waals surface area contributed by atoms with Crippen LogP contribution in [0.25, 0.3) is 0 Å². The summed E-state index contributed by atoms with van der Waals surface area (Å²) in [6.07, 6.45) is 2.33. The number of amides is 3. The number of hydrogen-bond donors (Lipinski definition) is 2. The zero-order valence-electron chi connectivity index (χ0n) is 14.3. The van der Waals surface area contributed by atoms with Crippen molar-refractivity contribution in [2.45, 2.75) is 33.1 Å². The molecule has 0 bridgehead atoms. The first kappa shape index (κ1) is 18.0. The third-order valence-electron chi connectivity index (χ3n) is 4.08. The van der Waals surface area contributed by atoms with Gasteiger partial charge < -0.3 is 15.5 Å². The van der Waals surface area contributed by atoms with Gasteiger partial charge in [-0.2, -0.15) is 0 Å². The van der Waals surface area contributed by atoms with Gasteiger partial charge in [-0.15, -0.1) is 0 Å². The maximum Gasteiger partial charge on any atom is 0.227 e. The maximum absolute atomic E-state index is 12.2. The Morgan fingerprint density at radius 2 is 1.83 bits per heavy atom. The van der Waals surface area contributed by atoms with Crippen LogP contribution in [0, 0.1) is 5.92 Å². The van der Waals surface area contributed by atoms with Crippen molar-refractivity contribution in [2.24, 2.45) is 5.92 Å². The molecule has 1 aromatic carbocycles. The molecular formula is C18H25N3O3. The van der Waals surface area contributed by atoms with Crippen molar-refractivity contribution in [2.75, 3.05) is 24.5 Å². The van der Waals surface area contributed by atoms with Crippen LogP contribution >= 0.6 is 0 Å². The van der Waals surface area contributed by atoms with E-state index in [2.05, 4.69) is 17.6 Å². The minimum Gasteiger partial charge on any atom is -0.355 e. The number of carbonyl (C=O) groups excluding carboxylic acids is 3. The van der Waals surface area contributed by atoms with Crippen LogP contribution in [0.15, 0.2) is 24.3 Å². The summed E-state index contributed by atoms with van der Waals surface area (Å²) in [6.45, 7) is 4.73. The molecule has 0 aromatic heterocycles. The third kappa shape index (κ3) is 4.81. The second kappa shape index (κ2) is 8.47. The topological polar surface area (TPSA) is 78.5 Å². The number of anilines is 1. The quantitative estimate of drug-likeness (QED) is 0.738. The average molecular weight is 331 g/mol. The molecule has 130 valence electrons. The Kier molecular flexibility index (Phi) is 6.35. The molecule has 1 aliphatic heterocycles. The first-order valence-corrected chi connectivity index (χ1v) is 8.42. The smallest absolute Gasteiger partial charge is 0.227 e. The summed E-state index contributed by atoms with van der Waals surface area (Å²) in [5, 5.41) is 5.39. The second-order valence-corrected chi connectivity index (χ2v) is 6.10. The van der Waals surface area contributed by atoms with Gasteiger partial charge in [0.2, 0.25) is 17.7 Å². The number of hydrogen-bond acceptors (Lipinski definition) is 3. The number of nitrogens with one attached hydrogen (secondary N) is 2. The number of aryl methyl sites for hydroxylation is 1. The second-order valence-electron chi connectivity index (χ2n) is 6.10. The summed E-state index contributed by atoms with van der Waals surface area (Å²) in [4.78, 5) is 36.8. The first-order chi connectivity index (χ1) is 11.5. The fourth-order valence-corrected chi connectivity index (χ4v) is 2.83. The van der Waals surface area contributed by atoms with Crippen LogP contribution in [0.4, 0.5) is 5.69 Å². The standard InChI is InChI=1S/C18H25N3O3/c1-3-4-14-5-7-16(8-6-14)21-12-15(11-17(21)23)18(24)20-10-9-19-13(2)22/h5-8,15H,3-4,9-12H2,1-2H3,(H,19,22)(H,20,24)/t15-/m0/s1. The summed E-state index contributed by atoms with van der Waals surface area (Å²) in [6, 6.07) is 7.96. The van der Waals surface area contributed by atoms with E-state index in [1.165, 1.54) is 12.5 Å². The predicted molar refractivity (Wildman–Crippen MR) is 92.6 cm³/mol. The zero-order valence-corrected chi connectivity index (χ0v) is 14.3. The van der Waals surface area contributed by atoms with Crippen LogP contribution in [0.5, 0.6) is 0 Å². The Balaban J connectivity index is 1.88. The highest BCUT2D eigenvalue weighted by Gasteiger charge is 2.34. The van der Waals surface area contributed by atoms with Gasteiger partial charge in [0, 0.05) is 38.7 Å². The third-order valence-corrected chi connectivity index (χ3v) is 4.08. The predicted octanol–water partition coefficient (Wildman–Crippen LogP) is 1.24. The number of benzene rings is 1. The summed E-state index contributed by atoms with van der Waals surface area (Å²) in [5.41, 5.74) is 2.09. The van der Waals surface area contributed by atoms with Crippen LogP contribution in [0.3, 0.4) is 0 Å². The largest absolute Gasteiger partial charge is 0.355 e. The lowest BCUT2D eigenvalue weighted by Crippen LogP contribution is -2.37. The van der Waals surface area contributed by atoms with Gasteiger partial charge >= 0.3 is 0 Å². The van der Waals surface area contributed by atoms with Crippen molar-refractivity contribution >= 4 is 23.4 Å². The van der Waals surface area contributed by atoms with Gasteiger partial charge in [0.1, 0.15) is 0 Å². The van der Waals surface area contributed by atoms with E-state index < -0.39 is 0 Å². The van der Waals surface area contributed by atoms with Gasteiger partial charge in [-0.3, -0.25) is 14.4 Å². The van der Waals surface area contributed by atoms with Gasteiger partial charge in [0.25, 0.3) is 0 Å². The Bertz CT molecular complexity index is 598. The normalized spacial score (nSPS) is 17.0. The molecule has 2 N–H and O–H groups in total. The van der Waals surface area contributed by atoms with E-state index in [1.807, 2.05) is 24.3 Å². The Hall–Kier alpha value is -2.37. The molecule has 2 rings (SSSR count). The lowest BCUT2D eigenvalue weighted by atomic mass is 10.1. The van der Waals surface area contributed by atoms with Crippen molar-refractivity contribution in [1.82, 2.24) is 10.6 Å². The van der Waals surface area contributed by atoms with Gasteiger partial charge in [-0.05, 0) is 24.1 Å². The Morgan fingerprint density at radius 3 is 2.46 bits per heavy atom. The van der Waals surface area contributed by atoms with Crippen molar-refractivity contribution in [3.8, 4) is 0 Å². The lowest BCUT2D eigenvalue weighted by molar-refractivity contribution is -0.126. The van der Waals surface area contributed by atoms with Crippen molar-refractivity contribution < 1.29 is 14.4 Å². The SMILES string of the molecule is CCCc1ccc(N2C[C@@H](C(=O)NCCNC(C)=O)CC2=O)cc1. The van der Waals surface area contributed by atoms with Gasteiger partial charge in [-0.1, -0.05) is 25.5 Å². The molecule has 1 heterocycles. The summed E-state index contributed by atoms with van der Waals surface area (Å²) in [5.74, 6) is -0.637. The highest BCUT2D eigenvalue weighted by atomic mass is 16.2. The molecule has 3 amide bonds. The van der Waals surface area contributed by atoms with E-state index in [0.717, 1.165) is 18.5 Å². The van der Waals surface area contributed by atoms with Crippen LogP contribution in [0.2, 0.25) is 0 Å². The van der Waals surface area contributed by atoms with E-state index in [9.17, 15) is 14.4 Å². The molecule has 0 unspecified atom stereocenters. The first-order valence-electron chi connectivity index (χ1n) is 8.42. The Labute approximate surface area is 142 Å². The minimum absolute atomic E-state index is 0.0275. The van der Waals surface area contributed by atoms with Crippen LogP contribution in [0.1, 0.15) is 32.3 Å². The summed E-state index contributed by atoms with van der Waals surface area (Å²) >= 11 is 0. The molecule has 0 spiro atoms. The minimum atomic E-state index is -0.342. The molecule has 1 aliphatic rings. The average Bonchev–Trinajstić information content (AvgIpc) is 2.94. The van der Waals surface area contributed by atoms with E-state index in [-0.39, 0.29) is 30.1 Å². The van der Waals surface area contributed by atoms with Crippen LogP contribution in [-0.2, 0) is 20.8 Å². The molecule has 1 aromatic rings. The van der Waals surface area contributed by atoms with E-state index in [1.54, 1.807) is 4.90 Å². The molecule has 0 saturated carbocycles. The summed E-state index contributed by atoms with van der Waals surface area (Å²) in [7, 11) is 0. The molecule has 0 radical (unpaired) electrons. The molecule has 6 nitrogen and oxygen atoms in total. The highest BCUT2D eigenvalue weighted by Crippen LogP contribution is 2.25. The van der Waals surface area contributed by atoms with E-state index in [0.29, 0.717) is 19.6 Å². The van der Waals surface area contributed by atoms with Gasteiger partial charge in [0.05, 0.1) is 5.92 Å². The molecule has 1 atom stereocenters. The van der Waals surface area contributed by atoms with Crippen LogP contribution < -0.4 is 15.5 Å².